The summed E-state index contributed by atoms with van der Waals surface area (Å²) in [4.78, 5) is 13.7. The molecule has 1 heterocycles. The first-order chi connectivity index (χ1) is 9.58. The minimum Gasteiger partial charge on any atom is -0.384 e. The number of nitrogens with one attached hydrogen (secondary N) is 1. The molecular weight excluding hydrogens is 276 g/mol. The van der Waals surface area contributed by atoms with Crippen molar-refractivity contribution >= 4 is 23.2 Å². The van der Waals surface area contributed by atoms with Gasteiger partial charge in [-0.25, -0.2) is 0 Å². The van der Waals surface area contributed by atoms with Gasteiger partial charge in [0.2, 0.25) is 0 Å². The first-order valence-corrected chi connectivity index (χ1v) is 7.32. The monoisotopic (exact) mass is 296 g/mol. The van der Waals surface area contributed by atoms with E-state index in [1.807, 2.05) is 0 Å². The Morgan fingerprint density at radius 2 is 2.30 bits per heavy atom. The second-order valence-electron chi connectivity index (χ2n) is 5.24. The van der Waals surface area contributed by atoms with Crippen molar-refractivity contribution in [2.75, 3.05) is 32.6 Å². The third-order valence-corrected chi connectivity index (χ3v) is 3.66. The molecule has 20 heavy (non-hydrogen) atoms. The van der Waals surface area contributed by atoms with Crippen LogP contribution in [0.25, 0.3) is 0 Å². The molecular formula is C15H21ClN2O2. The summed E-state index contributed by atoms with van der Waals surface area (Å²) in [6.07, 6.45) is 3.56. The van der Waals surface area contributed by atoms with E-state index in [0.29, 0.717) is 16.7 Å². The molecule has 1 aromatic carbocycles. The molecule has 1 atom stereocenters. The molecule has 1 amide bonds. The number of amides is 1. The number of hydrogen-bond donors (Lipinski definition) is 1. The molecule has 0 spiro atoms. The molecule has 1 N–H and O–H groups in total. The zero-order chi connectivity index (χ0) is 14.5. The smallest absolute Gasteiger partial charge is 0.255 e. The van der Waals surface area contributed by atoms with E-state index < -0.39 is 0 Å². The minimum absolute atomic E-state index is 0.0266. The Bertz CT molecular complexity index is 471. The second kappa shape index (κ2) is 6.95. The summed E-state index contributed by atoms with van der Waals surface area (Å²) in [5, 5.41) is 3.93. The molecule has 1 aliphatic rings. The summed E-state index contributed by atoms with van der Waals surface area (Å²) in [5.41, 5.74) is 1.43. The van der Waals surface area contributed by atoms with Crippen LogP contribution in [0.3, 0.4) is 0 Å². The van der Waals surface area contributed by atoms with Gasteiger partial charge >= 0.3 is 0 Å². The summed E-state index contributed by atoms with van der Waals surface area (Å²) >= 11 is 6.02. The summed E-state index contributed by atoms with van der Waals surface area (Å²) in [6.45, 7) is 1.64. The van der Waals surface area contributed by atoms with Gasteiger partial charge < -0.3 is 15.0 Å². The highest BCUT2D eigenvalue weighted by Gasteiger charge is 2.16. The topological polar surface area (TPSA) is 41.6 Å². The lowest BCUT2D eigenvalue weighted by atomic mass is 10.1. The second-order valence-corrected chi connectivity index (χ2v) is 5.68. The number of hydrogen-bond acceptors (Lipinski definition) is 3. The molecule has 0 unspecified atom stereocenters. The average Bonchev–Trinajstić information content (AvgIpc) is 2.91. The molecule has 1 fully saturated rings. The van der Waals surface area contributed by atoms with Crippen LogP contribution >= 0.6 is 11.6 Å². The summed E-state index contributed by atoms with van der Waals surface area (Å²) in [7, 11) is 3.49. The number of benzene rings is 1. The zero-order valence-corrected chi connectivity index (χ0v) is 12.7. The van der Waals surface area contributed by atoms with Gasteiger partial charge in [-0.2, -0.15) is 0 Å². The van der Waals surface area contributed by atoms with Crippen LogP contribution in [0.2, 0.25) is 5.02 Å². The first-order valence-electron chi connectivity index (χ1n) is 6.94. The third-order valence-electron chi connectivity index (χ3n) is 3.42. The number of carbonyl (C=O) groups is 1. The van der Waals surface area contributed by atoms with E-state index in [9.17, 15) is 4.79 Å². The zero-order valence-electron chi connectivity index (χ0n) is 12.0. The van der Waals surface area contributed by atoms with Crippen molar-refractivity contribution in [2.45, 2.75) is 25.4 Å². The van der Waals surface area contributed by atoms with Crippen LogP contribution < -0.4 is 5.32 Å². The molecule has 110 valence electrons. The third kappa shape index (κ3) is 3.87. The molecule has 0 aromatic heterocycles. The Morgan fingerprint density at radius 1 is 1.50 bits per heavy atom. The van der Waals surface area contributed by atoms with Gasteiger partial charge in [0.15, 0.2) is 0 Å². The van der Waals surface area contributed by atoms with Crippen molar-refractivity contribution in [1.29, 1.82) is 0 Å². The molecule has 1 saturated heterocycles. The standard InChI is InChI=1S/C15H21ClN2O2/c1-18(2)15(19)13-6-5-11(16)10-14(13)17-8-7-12-4-3-9-20-12/h5-6,10,12,17H,3-4,7-9H2,1-2H3/t12-/m1/s1. The molecule has 0 bridgehead atoms. The van der Waals surface area contributed by atoms with Gasteiger partial charge in [-0.15, -0.1) is 0 Å². The van der Waals surface area contributed by atoms with Crippen LogP contribution in [0.5, 0.6) is 0 Å². The van der Waals surface area contributed by atoms with Crippen LogP contribution in [0.4, 0.5) is 5.69 Å². The van der Waals surface area contributed by atoms with Gasteiger partial charge in [0.25, 0.3) is 5.91 Å². The number of anilines is 1. The lowest BCUT2D eigenvalue weighted by Crippen LogP contribution is -2.23. The molecule has 4 nitrogen and oxygen atoms in total. The predicted octanol–water partition coefficient (Wildman–Crippen LogP) is 3.02. The maximum absolute atomic E-state index is 12.1. The van der Waals surface area contributed by atoms with Crippen molar-refractivity contribution in [3.63, 3.8) is 0 Å². The molecule has 5 heteroatoms. The van der Waals surface area contributed by atoms with Crippen LogP contribution in [0.15, 0.2) is 18.2 Å². The summed E-state index contributed by atoms with van der Waals surface area (Å²) in [6, 6.07) is 5.30. The number of ether oxygens (including phenoxy) is 1. The maximum Gasteiger partial charge on any atom is 0.255 e. The molecule has 0 radical (unpaired) electrons. The van der Waals surface area contributed by atoms with Crippen molar-refractivity contribution in [1.82, 2.24) is 4.90 Å². The Labute approximate surface area is 125 Å². The Balaban J connectivity index is 2.01. The van der Waals surface area contributed by atoms with Gasteiger partial charge in [-0.05, 0) is 37.5 Å². The van der Waals surface area contributed by atoms with Crippen LogP contribution in [0, 0.1) is 0 Å². The van der Waals surface area contributed by atoms with E-state index in [4.69, 9.17) is 16.3 Å². The fourth-order valence-corrected chi connectivity index (χ4v) is 2.50. The first kappa shape index (κ1) is 15.1. The molecule has 2 rings (SSSR count). The lowest BCUT2D eigenvalue weighted by molar-refractivity contribution is 0.0828. The fraction of sp³-hybridized carbons (Fsp3) is 0.533. The van der Waals surface area contributed by atoms with Gasteiger partial charge in [0, 0.05) is 38.0 Å². The Hall–Kier alpha value is -1.26. The Kier molecular flexibility index (Phi) is 5.26. The van der Waals surface area contributed by atoms with Crippen molar-refractivity contribution in [3.05, 3.63) is 28.8 Å². The van der Waals surface area contributed by atoms with E-state index in [1.54, 1.807) is 37.2 Å². The molecule has 1 aliphatic heterocycles. The number of carbonyl (C=O) groups excluding carboxylic acids is 1. The number of rotatable bonds is 5. The van der Waals surface area contributed by atoms with Crippen LogP contribution in [-0.4, -0.2) is 44.2 Å². The largest absolute Gasteiger partial charge is 0.384 e. The number of nitrogens with zero attached hydrogens (tertiary/aromatic N) is 1. The molecule has 1 aromatic rings. The van der Waals surface area contributed by atoms with Crippen molar-refractivity contribution in [3.8, 4) is 0 Å². The van der Waals surface area contributed by atoms with E-state index in [0.717, 1.165) is 38.1 Å². The normalized spacial score (nSPS) is 18.1. The minimum atomic E-state index is -0.0266. The number of halogens is 1. The predicted molar refractivity (Wildman–Crippen MR) is 81.6 cm³/mol. The summed E-state index contributed by atoms with van der Waals surface area (Å²) < 4.78 is 5.59. The van der Waals surface area contributed by atoms with Gasteiger partial charge in [-0.3, -0.25) is 4.79 Å². The fourth-order valence-electron chi connectivity index (χ4n) is 2.33. The highest BCUT2D eigenvalue weighted by Crippen LogP contribution is 2.23. The SMILES string of the molecule is CN(C)C(=O)c1ccc(Cl)cc1NCC[C@H]1CCCO1. The molecule has 0 saturated carbocycles. The van der Waals surface area contributed by atoms with Crippen LogP contribution in [-0.2, 0) is 4.74 Å². The van der Waals surface area contributed by atoms with Gasteiger partial charge in [-0.1, -0.05) is 11.6 Å². The maximum atomic E-state index is 12.1. The van der Waals surface area contributed by atoms with Gasteiger partial charge in [0.1, 0.15) is 0 Å². The van der Waals surface area contributed by atoms with Gasteiger partial charge in [0.05, 0.1) is 11.7 Å². The summed E-state index contributed by atoms with van der Waals surface area (Å²) in [5.74, 6) is -0.0266. The Morgan fingerprint density at radius 3 is 2.95 bits per heavy atom. The van der Waals surface area contributed by atoms with E-state index in [1.165, 1.54) is 0 Å². The highest BCUT2D eigenvalue weighted by molar-refractivity contribution is 6.31. The molecule has 0 aliphatic carbocycles. The lowest BCUT2D eigenvalue weighted by Gasteiger charge is -2.16. The highest BCUT2D eigenvalue weighted by atomic mass is 35.5. The van der Waals surface area contributed by atoms with E-state index >= 15 is 0 Å². The van der Waals surface area contributed by atoms with E-state index in [-0.39, 0.29) is 5.91 Å². The van der Waals surface area contributed by atoms with Crippen LogP contribution in [0.1, 0.15) is 29.6 Å². The van der Waals surface area contributed by atoms with Crippen molar-refractivity contribution < 1.29 is 9.53 Å². The quantitative estimate of drug-likeness (QED) is 0.908. The van der Waals surface area contributed by atoms with Crippen molar-refractivity contribution in [2.24, 2.45) is 0 Å². The average molecular weight is 297 g/mol. The van der Waals surface area contributed by atoms with E-state index in [2.05, 4.69) is 5.32 Å².